The first-order valence-corrected chi connectivity index (χ1v) is 9.44. The maximum absolute atomic E-state index is 12.5. The van der Waals surface area contributed by atoms with Gasteiger partial charge in [0, 0.05) is 5.56 Å². The van der Waals surface area contributed by atoms with E-state index in [1.54, 1.807) is 12.1 Å². The third kappa shape index (κ3) is 4.70. The Hall–Kier alpha value is -2.86. The predicted octanol–water partition coefficient (Wildman–Crippen LogP) is 4.48. The molecule has 0 saturated heterocycles. The van der Waals surface area contributed by atoms with Gasteiger partial charge >= 0.3 is 0 Å². The van der Waals surface area contributed by atoms with Gasteiger partial charge in [-0.15, -0.1) is 0 Å². The lowest BCUT2D eigenvalue weighted by atomic mass is 10.1. The van der Waals surface area contributed by atoms with E-state index in [2.05, 4.69) is 15.5 Å². The van der Waals surface area contributed by atoms with E-state index in [1.165, 1.54) is 0 Å². The van der Waals surface area contributed by atoms with E-state index in [9.17, 15) is 4.79 Å². The van der Waals surface area contributed by atoms with E-state index < -0.39 is 6.10 Å². The van der Waals surface area contributed by atoms with E-state index in [-0.39, 0.29) is 12.5 Å². The SMILES string of the molecule is CC[C@H](Oc1cc(C)ccc1C)C(=O)NCc1nc(-c2ccccc2Cl)no1. The van der Waals surface area contributed by atoms with Crippen LogP contribution in [0.2, 0.25) is 5.02 Å². The molecule has 0 radical (unpaired) electrons. The number of carbonyl (C=O) groups is 1. The molecule has 0 bridgehead atoms. The van der Waals surface area contributed by atoms with E-state index in [1.807, 2.05) is 51.1 Å². The second kappa shape index (κ2) is 8.89. The molecule has 0 aliphatic rings. The second-order valence-corrected chi connectivity index (χ2v) is 6.90. The summed E-state index contributed by atoms with van der Waals surface area (Å²) in [5.41, 5.74) is 2.74. The van der Waals surface area contributed by atoms with Gasteiger partial charge < -0.3 is 14.6 Å². The molecule has 6 nitrogen and oxygen atoms in total. The summed E-state index contributed by atoms with van der Waals surface area (Å²) in [5, 5.41) is 7.25. The van der Waals surface area contributed by atoms with Crippen LogP contribution < -0.4 is 10.1 Å². The van der Waals surface area contributed by atoms with Gasteiger partial charge in [-0.25, -0.2) is 0 Å². The molecule has 0 aliphatic heterocycles. The third-order valence-electron chi connectivity index (χ3n) is 4.27. The summed E-state index contributed by atoms with van der Waals surface area (Å²) in [6.45, 7) is 5.95. The molecule has 1 heterocycles. The fourth-order valence-corrected chi connectivity index (χ4v) is 2.89. The average molecular weight is 400 g/mol. The number of ether oxygens (including phenoxy) is 1. The van der Waals surface area contributed by atoms with Crippen molar-refractivity contribution in [1.29, 1.82) is 0 Å². The van der Waals surface area contributed by atoms with Crippen molar-refractivity contribution in [2.24, 2.45) is 0 Å². The Morgan fingerprint density at radius 3 is 2.79 bits per heavy atom. The third-order valence-corrected chi connectivity index (χ3v) is 4.60. The van der Waals surface area contributed by atoms with Gasteiger partial charge in [-0.1, -0.05) is 47.9 Å². The van der Waals surface area contributed by atoms with Crippen molar-refractivity contribution in [3.05, 3.63) is 64.5 Å². The molecule has 0 saturated carbocycles. The van der Waals surface area contributed by atoms with Gasteiger partial charge in [0.1, 0.15) is 5.75 Å². The number of hydrogen-bond acceptors (Lipinski definition) is 5. The van der Waals surface area contributed by atoms with Crippen LogP contribution in [0.15, 0.2) is 47.0 Å². The van der Waals surface area contributed by atoms with Crippen molar-refractivity contribution in [3.8, 4) is 17.1 Å². The zero-order valence-corrected chi connectivity index (χ0v) is 16.8. The minimum atomic E-state index is -0.605. The molecule has 1 amide bonds. The van der Waals surface area contributed by atoms with E-state index >= 15 is 0 Å². The first kappa shape index (κ1) is 19.9. The smallest absolute Gasteiger partial charge is 0.261 e. The lowest BCUT2D eigenvalue weighted by molar-refractivity contribution is -0.128. The molecule has 28 heavy (non-hydrogen) atoms. The highest BCUT2D eigenvalue weighted by atomic mass is 35.5. The Morgan fingerprint density at radius 2 is 2.04 bits per heavy atom. The highest BCUT2D eigenvalue weighted by Crippen LogP contribution is 2.25. The second-order valence-electron chi connectivity index (χ2n) is 6.49. The van der Waals surface area contributed by atoms with Crippen LogP contribution >= 0.6 is 11.6 Å². The quantitative estimate of drug-likeness (QED) is 0.633. The number of aromatic nitrogens is 2. The number of carbonyl (C=O) groups excluding carboxylic acids is 1. The summed E-state index contributed by atoms with van der Waals surface area (Å²) in [6, 6.07) is 13.1. The van der Waals surface area contributed by atoms with Crippen LogP contribution in [0.5, 0.6) is 5.75 Å². The number of benzene rings is 2. The lowest BCUT2D eigenvalue weighted by Gasteiger charge is -2.18. The van der Waals surface area contributed by atoms with Gasteiger partial charge in [0.2, 0.25) is 11.7 Å². The van der Waals surface area contributed by atoms with Crippen molar-refractivity contribution in [2.45, 2.75) is 39.8 Å². The molecular formula is C21H22ClN3O3. The van der Waals surface area contributed by atoms with Crippen molar-refractivity contribution in [3.63, 3.8) is 0 Å². The summed E-state index contributed by atoms with van der Waals surface area (Å²) in [6.07, 6.45) is -0.0695. The molecule has 2 aromatic carbocycles. The first-order valence-electron chi connectivity index (χ1n) is 9.07. The van der Waals surface area contributed by atoms with Gasteiger partial charge in [0.15, 0.2) is 6.10 Å². The number of rotatable bonds is 7. The van der Waals surface area contributed by atoms with Crippen LogP contribution in [0.3, 0.4) is 0 Å². The number of amides is 1. The van der Waals surface area contributed by atoms with Crippen molar-refractivity contribution in [1.82, 2.24) is 15.5 Å². The van der Waals surface area contributed by atoms with Gasteiger partial charge in [-0.3, -0.25) is 4.79 Å². The van der Waals surface area contributed by atoms with Gasteiger partial charge in [-0.2, -0.15) is 4.98 Å². The summed E-state index contributed by atoms with van der Waals surface area (Å²) >= 11 is 6.15. The molecule has 0 spiro atoms. The molecule has 0 fully saturated rings. The number of halogens is 1. The largest absolute Gasteiger partial charge is 0.480 e. The molecule has 3 aromatic rings. The van der Waals surface area contributed by atoms with Gasteiger partial charge in [0.05, 0.1) is 11.6 Å². The summed E-state index contributed by atoms with van der Waals surface area (Å²) in [5.74, 6) is 1.15. The molecule has 146 valence electrons. The number of aryl methyl sites for hydroxylation is 2. The maximum atomic E-state index is 12.5. The van der Waals surface area contributed by atoms with E-state index in [0.717, 1.165) is 11.1 Å². The van der Waals surface area contributed by atoms with E-state index in [4.69, 9.17) is 20.9 Å². The minimum absolute atomic E-state index is 0.114. The minimum Gasteiger partial charge on any atom is -0.480 e. The summed E-state index contributed by atoms with van der Waals surface area (Å²) in [4.78, 5) is 16.8. The summed E-state index contributed by atoms with van der Waals surface area (Å²) < 4.78 is 11.1. The van der Waals surface area contributed by atoms with Crippen LogP contribution in [0.4, 0.5) is 0 Å². The molecule has 7 heteroatoms. The van der Waals surface area contributed by atoms with Crippen molar-refractivity contribution >= 4 is 17.5 Å². The highest BCUT2D eigenvalue weighted by molar-refractivity contribution is 6.33. The number of nitrogens with zero attached hydrogens (tertiary/aromatic N) is 2. The van der Waals surface area contributed by atoms with Crippen molar-refractivity contribution in [2.75, 3.05) is 0 Å². The number of nitrogens with one attached hydrogen (secondary N) is 1. The Bertz CT molecular complexity index is 971. The monoisotopic (exact) mass is 399 g/mol. The molecule has 1 atom stereocenters. The molecule has 0 unspecified atom stereocenters. The summed E-state index contributed by atoms with van der Waals surface area (Å²) in [7, 11) is 0. The zero-order chi connectivity index (χ0) is 20.1. The normalized spacial score (nSPS) is 11.9. The van der Waals surface area contributed by atoms with Gasteiger partial charge in [0.25, 0.3) is 5.91 Å². The topological polar surface area (TPSA) is 77.2 Å². The molecule has 0 aliphatic carbocycles. The van der Waals surface area contributed by atoms with E-state index in [0.29, 0.717) is 34.5 Å². The zero-order valence-electron chi connectivity index (χ0n) is 16.0. The average Bonchev–Trinajstić information content (AvgIpc) is 3.16. The molecular weight excluding hydrogens is 378 g/mol. The number of hydrogen-bond donors (Lipinski definition) is 1. The predicted molar refractivity (Wildman–Crippen MR) is 107 cm³/mol. The van der Waals surface area contributed by atoms with Crippen LogP contribution in [0.1, 0.15) is 30.4 Å². The van der Waals surface area contributed by atoms with Gasteiger partial charge in [-0.05, 0) is 49.6 Å². The standard InChI is InChI=1S/C21H22ClN3O3/c1-4-17(27-18-11-13(2)9-10-14(18)3)21(26)23-12-19-24-20(25-28-19)15-7-5-6-8-16(15)22/h5-11,17H,4,12H2,1-3H3,(H,23,26)/t17-/m0/s1. The van der Waals surface area contributed by atoms with Crippen molar-refractivity contribution < 1.29 is 14.1 Å². The fourth-order valence-electron chi connectivity index (χ4n) is 2.66. The fraction of sp³-hybridized carbons (Fsp3) is 0.286. The first-order chi connectivity index (χ1) is 13.5. The van der Waals surface area contributed by atoms with Crippen LogP contribution in [-0.4, -0.2) is 22.2 Å². The lowest BCUT2D eigenvalue weighted by Crippen LogP contribution is -2.37. The Kier molecular flexibility index (Phi) is 6.31. The molecule has 1 N–H and O–H groups in total. The molecule has 1 aromatic heterocycles. The Labute approximate surface area is 168 Å². The van der Waals surface area contributed by atoms with Crippen LogP contribution in [-0.2, 0) is 11.3 Å². The molecule has 3 rings (SSSR count). The van der Waals surface area contributed by atoms with Crippen LogP contribution in [0.25, 0.3) is 11.4 Å². The highest BCUT2D eigenvalue weighted by Gasteiger charge is 2.20. The van der Waals surface area contributed by atoms with Crippen LogP contribution in [0, 0.1) is 13.8 Å². The Morgan fingerprint density at radius 1 is 1.25 bits per heavy atom. The maximum Gasteiger partial charge on any atom is 0.261 e. The Balaban J connectivity index is 1.63.